The lowest BCUT2D eigenvalue weighted by molar-refractivity contribution is -0.0218. The number of nitrogens with zero attached hydrogens (tertiary/aromatic N) is 3. The smallest absolute Gasteiger partial charge is 0.331 e. The van der Waals surface area contributed by atoms with Gasteiger partial charge in [0, 0.05) is 5.69 Å². The van der Waals surface area contributed by atoms with Crippen molar-refractivity contribution in [1.82, 2.24) is 14.5 Å². The lowest BCUT2D eigenvalue weighted by Gasteiger charge is -2.45. The van der Waals surface area contributed by atoms with E-state index in [1.807, 2.05) is 97.9 Å². The van der Waals surface area contributed by atoms with E-state index in [2.05, 4.69) is 50.0 Å². The number of carbonyl (C=O) groups is 1. The third-order valence-electron chi connectivity index (χ3n) is 12.1. The second kappa shape index (κ2) is 14.3. The maximum Gasteiger partial charge on any atom is 0.331 e. The second-order valence-electron chi connectivity index (χ2n) is 17.3. The molecule has 9 nitrogen and oxygen atoms in total. The highest BCUT2D eigenvalue weighted by Crippen LogP contribution is 2.45. The zero-order chi connectivity index (χ0) is 39.3. The van der Waals surface area contributed by atoms with Crippen LogP contribution in [0, 0.1) is 0 Å². The first kappa shape index (κ1) is 38.2. The predicted octanol–water partition coefficient (Wildman–Crippen LogP) is 9.59. The van der Waals surface area contributed by atoms with Crippen molar-refractivity contribution in [3.05, 3.63) is 142 Å². The first-order valence-electron chi connectivity index (χ1n) is 19.8. The molecule has 2 heterocycles. The standard InChI is InChI=1S/C45H53N5O4SSi/c1-43(2,3)56(5,6)54-44(4)30-50-41(53-31-44)39(29-46-50)55(52,48-42(51)47-40-37-26-16-18-32(37)28-33-19-17-27-38(33)40)49-45(34-20-10-7-11-21-34,35-22-12-8-13-23-35)36-24-14-9-15-25-36/h7-15,20-25,28-29H,16-19,26-27,30-31H2,1-6H3,(H2,47,48,49,51,52)/t44-,55?/m1/s1. The minimum atomic E-state index is -3.89. The molecule has 2 atom stereocenters. The van der Waals surface area contributed by atoms with E-state index in [-0.39, 0.29) is 16.5 Å². The van der Waals surface area contributed by atoms with E-state index in [9.17, 15) is 4.79 Å². The Morgan fingerprint density at radius 2 is 1.38 bits per heavy atom. The Labute approximate surface area is 332 Å². The van der Waals surface area contributed by atoms with E-state index in [1.54, 1.807) is 10.9 Å². The fourth-order valence-corrected chi connectivity index (χ4v) is 12.0. The van der Waals surface area contributed by atoms with Crippen molar-refractivity contribution in [2.45, 2.75) is 107 Å². The number of amides is 2. The maximum absolute atomic E-state index is 16.3. The molecule has 8 rings (SSSR count). The zero-order valence-electron chi connectivity index (χ0n) is 33.4. The summed E-state index contributed by atoms with van der Waals surface area (Å²) >= 11 is 0. The average Bonchev–Trinajstić information content (AvgIpc) is 3.94. The summed E-state index contributed by atoms with van der Waals surface area (Å²) in [6.07, 6.45) is 7.43. The second-order valence-corrected chi connectivity index (χ2v) is 23.9. The topological polar surface area (TPSA) is 107 Å². The van der Waals surface area contributed by atoms with Gasteiger partial charge in [-0.3, -0.25) is 0 Å². The van der Waals surface area contributed by atoms with Crippen LogP contribution < -0.4 is 14.8 Å². The van der Waals surface area contributed by atoms with E-state index in [0.29, 0.717) is 12.4 Å². The Kier molecular flexibility index (Phi) is 9.78. The third kappa shape index (κ3) is 6.88. The number of rotatable bonds is 9. The van der Waals surface area contributed by atoms with Gasteiger partial charge in [0.05, 0.1) is 12.7 Å². The molecule has 0 bridgehead atoms. The highest BCUT2D eigenvalue weighted by Gasteiger charge is 2.47. The van der Waals surface area contributed by atoms with E-state index in [1.165, 1.54) is 22.3 Å². The highest BCUT2D eigenvalue weighted by molar-refractivity contribution is 7.92. The molecular formula is C45H53N5O4SSi. The maximum atomic E-state index is 16.3. The number of hydrogen-bond donors (Lipinski definition) is 2. The van der Waals surface area contributed by atoms with Gasteiger partial charge >= 0.3 is 6.03 Å². The Bertz CT molecular complexity index is 2260. The number of anilines is 1. The molecule has 0 radical (unpaired) electrons. The Hall–Kier alpha value is -4.71. The minimum absolute atomic E-state index is 0.00924. The van der Waals surface area contributed by atoms with Crippen molar-refractivity contribution < 1.29 is 18.2 Å². The van der Waals surface area contributed by atoms with Gasteiger partial charge in [-0.05, 0) is 103 Å². The number of hydrogen-bond acceptors (Lipinski definition) is 6. The summed E-state index contributed by atoms with van der Waals surface area (Å²) in [7, 11) is -6.08. The van der Waals surface area contributed by atoms with Gasteiger partial charge in [-0.15, -0.1) is 0 Å². The van der Waals surface area contributed by atoms with Gasteiger partial charge in [0.15, 0.2) is 18.2 Å². The lowest BCUT2D eigenvalue weighted by Crippen LogP contribution is -2.54. The molecule has 1 aromatic heterocycles. The van der Waals surface area contributed by atoms with Crippen molar-refractivity contribution in [3.63, 3.8) is 0 Å². The zero-order valence-corrected chi connectivity index (χ0v) is 35.2. The number of aromatic nitrogens is 2. The van der Waals surface area contributed by atoms with Crippen LogP contribution in [-0.2, 0) is 52.1 Å². The number of aryl methyl sites for hydroxylation is 2. The van der Waals surface area contributed by atoms with Gasteiger partial charge in [-0.25, -0.2) is 18.4 Å². The molecule has 1 aliphatic heterocycles. The van der Waals surface area contributed by atoms with Gasteiger partial charge < -0.3 is 14.5 Å². The van der Waals surface area contributed by atoms with E-state index in [4.69, 9.17) is 18.6 Å². The van der Waals surface area contributed by atoms with Crippen LogP contribution in [0.2, 0.25) is 18.1 Å². The highest BCUT2D eigenvalue weighted by atomic mass is 32.2. The van der Waals surface area contributed by atoms with Crippen LogP contribution in [0.3, 0.4) is 0 Å². The van der Waals surface area contributed by atoms with Gasteiger partial charge in [0.1, 0.15) is 22.6 Å². The number of benzene rings is 4. The number of ether oxygens (including phenoxy) is 1. The van der Waals surface area contributed by atoms with E-state index >= 15 is 4.21 Å². The average molecular weight is 788 g/mol. The monoisotopic (exact) mass is 787 g/mol. The quantitative estimate of drug-likeness (QED) is 0.114. The molecule has 0 spiro atoms. The van der Waals surface area contributed by atoms with Crippen LogP contribution in [0.1, 0.15) is 79.5 Å². The van der Waals surface area contributed by atoms with Crippen molar-refractivity contribution in [2.75, 3.05) is 11.9 Å². The molecule has 2 N–H and O–H groups in total. The van der Waals surface area contributed by atoms with Gasteiger partial charge in [-0.2, -0.15) is 9.46 Å². The van der Waals surface area contributed by atoms with Crippen LogP contribution in [0.4, 0.5) is 10.5 Å². The minimum Gasteiger partial charge on any atom is -0.474 e. The van der Waals surface area contributed by atoms with E-state index in [0.717, 1.165) is 60.9 Å². The SMILES string of the molecule is CC(C)(C)[Si](C)(C)O[C@@]1(C)COc2c(S(=O)(=NC(c3ccccc3)(c3ccccc3)c3ccccc3)NC(=O)Nc3c4c(cc5c3CCC5)CCC4)cnn2C1. The molecule has 56 heavy (non-hydrogen) atoms. The van der Waals surface area contributed by atoms with Crippen LogP contribution >= 0.6 is 0 Å². The summed E-state index contributed by atoms with van der Waals surface area (Å²) in [5.41, 5.74) is 6.22. The summed E-state index contributed by atoms with van der Waals surface area (Å²) < 4.78 is 40.0. The normalized spacial score (nSPS) is 18.9. The van der Waals surface area contributed by atoms with Crippen molar-refractivity contribution in [3.8, 4) is 5.88 Å². The number of carbonyl (C=O) groups excluding carboxylic acids is 1. The van der Waals surface area contributed by atoms with Crippen LogP contribution in [0.5, 0.6) is 5.88 Å². The summed E-state index contributed by atoms with van der Waals surface area (Å²) in [6.45, 7) is 13.8. The molecule has 5 aromatic rings. The summed E-state index contributed by atoms with van der Waals surface area (Å²) in [6, 6.07) is 31.3. The molecule has 292 valence electrons. The molecule has 0 saturated carbocycles. The molecule has 2 aliphatic carbocycles. The molecule has 1 unspecified atom stereocenters. The molecule has 0 fully saturated rings. The lowest BCUT2D eigenvalue weighted by atomic mass is 9.78. The number of fused-ring (bicyclic) bond motifs is 3. The van der Waals surface area contributed by atoms with Crippen LogP contribution in [0.15, 0.2) is 113 Å². The van der Waals surface area contributed by atoms with Crippen molar-refractivity contribution >= 4 is 30.0 Å². The van der Waals surface area contributed by atoms with Gasteiger partial charge in [0.25, 0.3) is 0 Å². The Balaban J connectivity index is 1.31. The van der Waals surface area contributed by atoms with Crippen molar-refractivity contribution in [1.29, 1.82) is 0 Å². The van der Waals surface area contributed by atoms with Crippen LogP contribution in [0.25, 0.3) is 0 Å². The van der Waals surface area contributed by atoms with Crippen LogP contribution in [-0.4, -0.2) is 40.5 Å². The molecule has 2 amide bonds. The first-order valence-corrected chi connectivity index (χ1v) is 24.2. The molecule has 0 saturated heterocycles. The molecule has 3 aliphatic rings. The largest absolute Gasteiger partial charge is 0.474 e. The molecule has 4 aromatic carbocycles. The fourth-order valence-electron chi connectivity index (χ4n) is 8.47. The van der Waals surface area contributed by atoms with E-state index < -0.39 is 35.4 Å². The molecule has 11 heteroatoms. The summed E-state index contributed by atoms with van der Waals surface area (Å²) in [5, 5.41) is 7.98. The molecular weight excluding hydrogens is 735 g/mol. The summed E-state index contributed by atoms with van der Waals surface area (Å²) in [4.78, 5) is 14.8. The first-order chi connectivity index (χ1) is 26.7. The predicted molar refractivity (Wildman–Crippen MR) is 225 cm³/mol. The fraction of sp³-hybridized carbons (Fsp3) is 0.378. The van der Waals surface area contributed by atoms with Gasteiger partial charge in [0.2, 0.25) is 5.88 Å². The van der Waals surface area contributed by atoms with Crippen molar-refractivity contribution in [2.24, 2.45) is 4.36 Å². The Morgan fingerprint density at radius 3 is 1.88 bits per heavy atom. The third-order valence-corrected chi connectivity index (χ3v) is 18.6. The summed E-state index contributed by atoms with van der Waals surface area (Å²) in [5.74, 6) is 0.305. The number of nitrogens with one attached hydrogen (secondary N) is 2. The Morgan fingerprint density at radius 1 is 0.857 bits per heavy atom. The van der Waals surface area contributed by atoms with Gasteiger partial charge in [-0.1, -0.05) is 118 Å². The number of urea groups is 1.